The van der Waals surface area contributed by atoms with Crippen molar-refractivity contribution in [3.05, 3.63) is 23.5 Å². The van der Waals surface area contributed by atoms with Crippen LogP contribution in [0.1, 0.15) is 38.1 Å². The fourth-order valence-corrected chi connectivity index (χ4v) is 2.52. The fraction of sp³-hybridized carbons (Fsp3) is 0.688. The van der Waals surface area contributed by atoms with Gasteiger partial charge in [0, 0.05) is 12.2 Å². The van der Waals surface area contributed by atoms with E-state index in [0.29, 0.717) is 12.7 Å². The zero-order valence-corrected chi connectivity index (χ0v) is 12.8. The molecule has 0 amide bonds. The minimum Gasteiger partial charge on any atom is -0.489 e. The monoisotopic (exact) mass is 278 g/mol. The number of ether oxygens (including phenoxy) is 2. The van der Waals surface area contributed by atoms with Crippen molar-refractivity contribution in [1.29, 1.82) is 0 Å². The van der Waals surface area contributed by atoms with Crippen molar-refractivity contribution >= 4 is 0 Å². The van der Waals surface area contributed by atoms with Gasteiger partial charge in [-0.1, -0.05) is 13.8 Å². The van der Waals surface area contributed by atoms with E-state index in [1.54, 1.807) is 0 Å². The summed E-state index contributed by atoms with van der Waals surface area (Å²) in [4.78, 5) is 4.52. The van der Waals surface area contributed by atoms with E-state index < -0.39 is 0 Å². The first-order chi connectivity index (χ1) is 9.72. The number of hydrogen-bond donors (Lipinski definition) is 1. The molecule has 0 aromatic carbocycles. The van der Waals surface area contributed by atoms with Crippen LogP contribution in [-0.2, 0) is 11.2 Å². The van der Waals surface area contributed by atoms with Gasteiger partial charge in [-0.25, -0.2) is 0 Å². The Morgan fingerprint density at radius 2 is 2.10 bits per heavy atom. The summed E-state index contributed by atoms with van der Waals surface area (Å²) in [6.45, 7) is 8.79. The number of rotatable bonds is 7. The summed E-state index contributed by atoms with van der Waals surface area (Å²) in [6.07, 6.45) is 3.64. The van der Waals surface area contributed by atoms with E-state index in [9.17, 15) is 0 Å². The maximum atomic E-state index is 5.97. The molecule has 20 heavy (non-hydrogen) atoms. The van der Waals surface area contributed by atoms with Crippen LogP contribution in [-0.4, -0.2) is 36.9 Å². The molecule has 1 aliphatic heterocycles. The van der Waals surface area contributed by atoms with Crippen LogP contribution >= 0.6 is 0 Å². The van der Waals surface area contributed by atoms with Crippen LogP contribution in [0, 0.1) is 6.92 Å². The highest BCUT2D eigenvalue weighted by Gasteiger charge is 2.25. The molecular formula is C16H26N2O2. The Morgan fingerprint density at radius 3 is 2.85 bits per heavy atom. The van der Waals surface area contributed by atoms with Gasteiger partial charge in [-0.3, -0.25) is 4.98 Å². The van der Waals surface area contributed by atoms with Gasteiger partial charge in [-0.05, 0) is 44.9 Å². The molecule has 1 aromatic heterocycles. The zero-order chi connectivity index (χ0) is 14.4. The molecule has 0 saturated carbocycles. The van der Waals surface area contributed by atoms with Crippen LogP contribution in [0.3, 0.4) is 0 Å². The van der Waals surface area contributed by atoms with Crippen molar-refractivity contribution in [2.24, 2.45) is 0 Å². The average molecular weight is 278 g/mol. The quantitative estimate of drug-likeness (QED) is 0.832. The number of aromatic nitrogens is 1. The highest BCUT2D eigenvalue weighted by molar-refractivity contribution is 5.29. The summed E-state index contributed by atoms with van der Waals surface area (Å²) >= 11 is 0. The topological polar surface area (TPSA) is 43.4 Å². The summed E-state index contributed by atoms with van der Waals surface area (Å²) < 4.78 is 11.9. The standard InChI is InChI=1S/C16H26N2O2/c1-4-15-16(9-6-12(3)18-15)19-11-14-8-7-13(20-14)10-17-5-2/h6,9,13-14,17H,4-5,7-8,10-11H2,1-3H3. The second kappa shape index (κ2) is 7.60. The first-order valence-corrected chi connectivity index (χ1v) is 7.68. The predicted octanol–water partition coefficient (Wildman–Crippen LogP) is 2.49. The summed E-state index contributed by atoms with van der Waals surface area (Å²) in [5.41, 5.74) is 2.07. The second-order valence-electron chi connectivity index (χ2n) is 5.33. The molecule has 4 nitrogen and oxygen atoms in total. The van der Waals surface area contributed by atoms with Crippen LogP contribution < -0.4 is 10.1 Å². The molecule has 0 aliphatic carbocycles. The van der Waals surface area contributed by atoms with E-state index in [1.807, 2.05) is 19.1 Å². The lowest BCUT2D eigenvalue weighted by Gasteiger charge is -2.16. The number of aryl methyl sites for hydroxylation is 2. The Bertz CT molecular complexity index is 423. The minimum atomic E-state index is 0.213. The minimum absolute atomic E-state index is 0.213. The molecule has 1 aromatic rings. The third-order valence-electron chi connectivity index (χ3n) is 3.65. The average Bonchev–Trinajstić information content (AvgIpc) is 2.91. The summed E-state index contributed by atoms with van der Waals surface area (Å²) in [7, 11) is 0. The Kier molecular flexibility index (Phi) is 5.80. The van der Waals surface area contributed by atoms with Gasteiger partial charge in [0.15, 0.2) is 0 Å². The Hall–Kier alpha value is -1.13. The van der Waals surface area contributed by atoms with Crippen molar-refractivity contribution in [1.82, 2.24) is 10.3 Å². The first kappa shape index (κ1) is 15.3. The molecule has 0 radical (unpaired) electrons. The van der Waals surface area contributed by atoms with Crippen LogP contribution in [0.2, 0.25) is 0 Å². The smallest absolute Gasteiger partial charge is 0.140 e. The van der Waals surface area contributed by atoms with Gasteiger partial charge in [-0.15, -0.1) is 0 Å². The van der Waals surface area contributed by atoms with Crippen molar-refractivity contribution in [2.75, 3.05) is 19.7 Å². The molecule has 4 heteroatoms. The third-order valence-corrected chi connectivity index (χ3v) is 3.65. The molecule has 112 valence electrons. The number of likely N-dealkylation sites (N-methyl/N-ethyl adjacent to an activating group) is 1. The molecule has 1 fully saturated rings. The van der Waals surface area contributed by atoms with Crippen molar-refractivity contribution in [3.63, 3.8) is 0 Å². The number of pyridine rings is 1. The molecule has 2 rings (SSSR count). The lowest BCUT2D eigenvalue weighted by atomic mass is 10.2. The Labute approximate surface area is 121 Å². The van der Waals surface area contributed by atoms with Crippen LogP contribution in [0.5, 0.6) is 5.75 Å². The molecule has 0 bridgehead atoms. The van der Waals surface area contributed by atoms with E-state index in [4.69, 9.17) is 9.47 Å². The molecule has 1 N–H and O–H groups in total. The van der Waals surface area contributed by atoms with Gasteiger partial charge in [0.2, 0.25) is 0 Å². The second-order valence-corrected chi connectivity index (χ2v) is 5.33. The molecular weight excluding hydrogens is 252 g/mol. The summed E-state index contributed by atoms with van der Waals surface area (Å²) in [5, 5.41) is 3.33. The lowest BCUT2D eigenvalue weighted by molar-refractivity contribution is 0.0185. The van der Waals surface area contributed by atoms with E-state index >= 15 is 0 Å². The van der Waals surface area contributed by atoms with Gasteiger partial charge in [0.25, 0.3) is 0 Å². The van der Waals surface area contributed by atoms with Crippen LogP contribution in [0.15, 0.2) is 12.1 Å². The largest absolute Gasteiger partial charge is 0.489 e. The number of nitrogens with one attached hydrogen (secondary N) is 1. The SMILES string of the molecule is CCNCC1CCC(COc2ccc(C)nc2CC)O1. The van der Waals surface area contributed by atoms with Crippen LogP contribution in [0.4, 0.5) is 0 Å². The molecule has 2 atom stereocenters. The Balaban J connectivity index is 1.81. The van der Waals surface area contributed by atoms with Gasteiger partial charge < -0.3 is 14.8 Å². The predicted molar refractivity (Wildman–Crippen MR) is 80.3 cm³/mol. The Morgan fingerprint density at radius 1 is 1.30 bits per heavy atom. The molecule has 0 spiro atoms. The van der Waals surface area contributed by atoms with Crippen molar-refractivity contribution in [2.45, 2.75) is 52.2 Å². The van der Waals surface area contributed by atoms with Crippen molar-refractivity contribution < 1.29 is 9.47 Å². The van der Waals surface area contributed by atoms with Gasteiger partial charge in [-0.2, -0.15) is 0 Å². The molecule has 1 saturated heterocycles. The maximum absolute atomic E-state index is 5.97. The third kappa shape index (κ3) is 4.18. The zero-order valence-electron chi connectivity index (χ0n) is 12.8. The maximum Gasteiger partial charge on any atom is 0.140 e. The highest BCUT2D eigenvalue weighted by atomic mass is 16.5. The van der Waals surface area contributed by atoms with E-state index in [0.717, 1.165) is 49.5 Å². The fourth-order valence-electron chi connectivity index (χ4n) is 2.52. The van der Waals surface area contributed by atoms with Gasteiger partial charge in [0.1, 0.15) is 12.4 Å². The number of nitrogens with zero attached hydrogens (tertiary/aromatic N) is 1. The first-order valence-electron chi connectivity index (χ1n) is 7.68. The number of hydrogen-bond acceptors (Lipinski definition) is 4. The van der Waals surface area contributed by atoms with Crippen molar-refractivity contribution in [3.8, 4) is 5.75 Å². The normalized spacial score (nSPS) is 22.1. The van der Waals surface area contributed by atoms with Gasteiger partial charge in [0.05, 0.1) is 17.9 Å². The summed E-state index contributed by atoms with van der Waals surface area (Å²) in [6, 6.07) is 4.02. The molecule has 1 aliphatic rings. The van der Waals surface area contributed by atoms with Crippen LogP contribution in [0.25, 0.3) is 0 Å². The highest BCUT2D eigenvalue weighted by Crippen LogP contribution is 2.22. The lowest BCUT2D eigenvalue weighted by Crippen LogP contribution is -2.28. The molecule has 2 unspecified atom stereocenters. The van der Waals surface area contributed by atoms with E-state index in [-0.39, 0.29) is 6.10 Å². The van der Waals surface area contributed by atoms with E-state index in [2.05, 4.69) is 24.1 Å². The van der Waals surface area contributed by atoms with E-state index in [1.165, 1.54) is 0 Å². The molecule has 2 heterocycles. The summed E-state index contributed by atoms with van der Waals surface area (Å²) in [5.74, 6) is 0.900. The van der Waals surface area contributed by atoms with Gasteiger partial charge >= 0.3 is 0 Å².